The summed E-state index contributed by atoms with van der Waals surface area (Å²) >= 11 is 1.52. The van der Waals surface area contributed by atoms with Crippen LogP contribution in [0.3, 0.4) is 0 Å². The number of thioether (sulfide) groups is 1. The number of nitrogens with two attached hydrogens (primary N) is 1. The van der Waals surface area contributed by atoms with Crippen LogP contribution in [0.5, 0.6) is 0 Å². The smallest absolute Gasteiger partial charge is 0.257 e. The molecule has 16 nitrogen and oxygen atoms in total. The fraction of sp³-hybridized carbons (Fsp3) is 0.600. The molecule has 4 rings (SSSR count). The highest BCUT2D eigenvalue weighted by atomic mass is 32.2. The van der Waals surface area contributed by atoms with Crippen molar-refractivity contribution in [3.05, 3.63) is 36.2 Å². The second kappa shape index (κ2) is 24.5. The molecular weight excluding hydrogens is 692 g/mol. The standard InChI is InChI=1S/C35H52N8O8S/c1-2-12-46-14-16-48-18-20-50-22-23-51-21-19-49-17-15-47-13-8-29(44)37-9-3-4-11-43-33-30(32(36)39-26-40-33)31(42-43)27-6-5-7-28(25-27)34(45)41-35-38-10-24-52-35/h5-7,25-26H,2-4,8-24H2,1H3,(H,37,44)(H2,36,39,40)(H,38,41,45). The van der Waals surface area contributed by atoms with Gasteiger partial charge >= 0.3 is 0 Å². The third-order valence-electron chi connectivity index (χ3n) is 7.56. The van der Waals surface area contributed by atoms with Crippen molar-refractivity contribution in [2.45, 2.75) is 39.2 Å². The van der Waals surface area contributed by atoms with E-state index in [0.717, 1.165) is 37.2 Å². The van der Waals surface area contributed by atoms with Crippen LogP contribution in [0.4, 0.5) is 5.82 Å². The fourth-order valence-electron chi connectivity index (χ4n) is 4.99. The van der Waals surface area contributed by atoms with Crippen LogP contribution < -0.4 is 16.4 Å². The Morgan fingerprint density at radius 3 is 2.15 bits per heavy atom. The average Bonchev–Trinajstić information content (AvgIpc) is 3.81. The summed E-state index contributed by atoms with van der Waals surface area (Å²) in [7, 11) is 0. The monoisotopic (exact) mass is 744 g/mol. The lowest BCUT2D eigenvalue weighted by Gasteiger charge is -2.08. The number of aromatic nitrogens is 4. The van der Waals surface area contributed by atoms with E-state index in [2.05, 4.69) is 32.5 Å². The first kappa shape index (κ1) is 41.1. The predicted molar refractivity (Wildman–Crippen MR) is 199 cm³/mol. The first-order valence-electron chi connectivity index (χ1n) is 17.9. The van der Waals surface area contributed by atoms with Gasteiger partial charge in [0.15, 0.2) is 10.8 Å². The largest absolute Gasteiger partial charge is 0.383 e. The van der Waals surface area contributed by atoms with Crippen molar-refractivity contribution in [2.24, 2.45) is 4.99 Å². The van der Waals surface area contributed by atoms with Crippen LogP contribution in [0.15, 0.2) is 35.6 Å². The molecule has 1 aromatic carbocycles. The van der Waals surface area contributed by atoms with E-state index in [1.807, 2.05) is 12.1 Å². The van der Waals surface area contributed by atoms with Gasteiger partial charge in [0.2, 0.25) is 5.91 Å². The van der Waals surface area contributed by atoms with Gasteiger partial charge in [0.25, 0.3) is 5.91 Å². The minimum absolute atomic E-state index is 0.0704. The molecule has 52 heavy (non-hydrogen) atoms. The number of nitrogen functional groups attached to an aromatic ring is 1. The molecule has 0 aliphatic carbocycles. The first-order chi connectivity index (χ1) is 25.6. The molecule has 3 heterocycles. The van der Waals surface area contributed by atoms with E-state index >= 15 is 0 Å². The van der Waals surface area contributed by atoms with Gasteiger partial charge in [-0.3, -0.25) is 14.6 Å². The summed E-state index contributed by atoms with van der Waals surface area (Å²) in [6.07, 6.45) is 4.19. The van der Waals surface area contributed by atoms with Gasteiger partial charge in [-0.05, 0) is 31.4 Å². The van der Waals surface area contributed by atoms with Crippen LogP contribution in [0.2, 0.25) is 0 Å². The molecule has 0 atom stereocenters. The Hall–Kier alpha value is -3.71. The van der Waals surface area contributed by atoms with Gasteiger partial charge in [-0.2, -0.15) is 5.10 Å². The first-order valence-corrected chi connectivity index (χ1v) is 18.8. The summed E-state index contributed by atoms with van der Waals surface area (Å²) in [5.41, 5.74) is 8.70. The van der Waals surface area contributed by atoms with Crippen LogP contribution in [0, 0.1) is 0 Å². The zero-order valence-electron chi connectivity index (χ0n) is 30.0. The van der Waals surface area contributed by atoms with Crippen molar-refractivity contribution in [2.75, 3.05) is 104 Å². The lowest BCUT2D eigenvalue weighted by atomic mass is 10.1. The number of carbonyl (C=O) groups is 2. The zero-order chi connectivity index (χ0) is 36.6. The number of ether oxygens (including phenoxy) is 6. The van der Waals surface area contributed by atoms with Crippen LogP contribution in [-0.2, 0) is 39.8 Å². The minimum Gasteiger partial charge on any atom is -0.383 e. The number of anilines is 1. The van der Waals surface area contributed by atoms with Crippen LogP contribution in [0.1, 0.15) is 43.0 Å². The van der Waals surface area contributed by atoms with Gasteiger partial charge in [-0.15, -0.1) is 0 Å². The number of fused-ring (bicyclic) bond motifs is 1. The number of aliphatic imine (C=N–C) groups is 1. The molecule has 0 radical (unpaired) electrons. The molecule has 0 saturated carbocycles. The number of nitrogens with one attached hydrogen (secondary N) is 2. The van der Waals surface area contributed by atoms with Gasteiger partial charge in [0.1, 0.15) is 17.8 Å². The number of unbranched alkanes of at least 4 members (excludes halogenated alkanes) is 1. The maximum absolute atomic E-state index is 12.8. The van der Waals surface area contributed by atoms with Crippen molar-refractivity contribution in [1.29, 1.82) is 0 Å². The molecule has 0 spiro atoms. The van der Waals surface area contributed by atoms with Crippen LogP contribution in [0.25, 0.3) is 22.3 Å². The highest BCUT2D eigenvalue weighted by molar-refractivity contribution is 8.14. The molecule has 3 aromatic rings. The molecule has 4 N–H and O–H groups in total. The van der Waals surface area contributed by atoms with E-state index < -0.39 is 0 Å². The quantitative estimate of drug-likeness (QED) is 0.0966. The highest BCUT2D eigenvalue weighted by Gasteiger charge is 2.19. The van der Waals surface area contributed by atoms with Crippen molar-refractivity contribution < 1.29 is 38.0 Å². The molecule has 0 fully saturated rings. The summed E-state index contributed by atoms with van der Waals surface area (Å²) in [5, 5.41) is 11.9. The van der Waals surface area contributed by atoms with E-state index in [1.54, 1.807) is 16.8 Å². The van der Waals surface area contributed by atoms with Crippen molar-refractivity contribution >= 4 is 45.6 Å². The lowest BCUT2D eigenvalue weighted by Crippen LogP contribution is -2.27. The number of aryl methyl sites for hydroxylation is 1. The van der Waals surface area contributed by atoms with E-state index in [9.17, 15) is 9.59 Å². The normalized spacial score (nSPS) is 12.8. The fourth-order valence-corrected chi connectivity index (χ4v) is 5.71. The number of nitrogens with zero attached hydrogens (tertiary/aromatic N) is 5. The number of amides is 2. The molecule has 0 bridgehead atoms. The molecule has 17 heteroatoms. The lowest BCUT2D eigenvalue weighted by molar-refractivity contribution is -0.122. The Balaban J connectivity index is 1.03. The molecule has 0 saturated heterocycles. The van der Waals surface area contributed by atoms with E-state index in [-0.39, 0.29) is 18.2 Å². The number of benzene rings is 1. The van der Waals surface area contributed by atoms with Gasteiger partial charge in [0.05, 0.1) is 84.6 Å². The average molecular weight is 745 g/mol. The molecule has 286 valence electrons. The van der Waals surface area contributed by atoms with E-state index in [1.165, 1.54) is 18.1 Å². The van der Waals surface area contributed by atoms with Gasteiger partial charge < -0.3 is 44.8 Å². The van der Waals surface area contributed by atoms with Crippen molar-refractivity contribution in [1.82, 2.24) is 30.4 Å². The number of carbonyl (C=O) groups excluding carboxylic acids is 2. The zero-order valence-corrected chi connectivity index (χ0v) is 30.8. The van der Waals surface area contributed by atoms with Gasteiger partial charge in [0, 0.05) is 43.0 Å². The van der Waals surface area contributed by atoms with Crippen LogP contribution >= 0.6 is 11.8 Å². The Labute approximate surface area is 308 Å². The Kier molecular flexibility index (Phi) is 19.4. The molecule has 1 aliphatic heterocycles. The second-order valence-corrected chi connectivity index (χ2v) is 12.7. The summed E-state index contributed by atoms with van der Waals surface area (Å²) in [6, 6.07) is 7.21. The number of rotatable bonds is 27. The molecule has 0 unspecified atom stereocenters. The highest BCUT2D eigenvalue weighted by Crippen LogP contribution is 2.30. The summed E-state index contributed by atoms with van der Waals surface area (Å²) < 4.78 is 34.5. The summed E-state index contributed by atoms with van der Waals surface area (Å²) in [4.78, 5) is 38.0. The number of hydrogen-bond acceptors (Lipinski definition) is 14. The topological polar surface area (TPSA) is 196 Å². The SMILES string of the molecule is CCCOCCOCCOCCOCCOCCOCCC(=O)NCCCCn1nc(-c2cccc(C(=O)NC3=NCCS3)c2)c2c(N)ncnc21. The number of amidine groups is 1. The number of hydrogen-bond donors (Lipinski definition) is 3. The molecule has 2 aromatic heterocycles. The Morgan fingerprint density at radius 1 is 0.865 bits per heavy atom. The second-order valence-electron chi connectivity index (χ2n) is 11.6. The minimum atomic E-state index is -0.233. The van der Waals surface area contributed by atoms with Gasteiger partial charge in [-0.25, -0.2) is 14.6 Å². The third kappa shape index (κ3) is 14.7. The molecular formula is C35H52N8O8S. The summed E-state index contributed by atoms with van der Waals surface area (Å²) in [5.74, 6) is 0.870. The molecule has 1 aliphatic rings. The van der Waals surface area contributed by atoms with Crippen molar-refractivity contribution in [3.8, 4) is 11.3 Å². The maximum Gasteiger partial charge on any atom is 0.257 e. The van der Waals surface area contributed by atoms with E-state index in [0.29, 0.717) is 126 Å². The Morgan fingerprint density at radius 2 is 1.52 bits per heavy atom. The van der Waals surface area contributed by atoms with Gasteiger partial charge in [-0.1, -0.05) is 30.8 Å². The third-order valence-corrected chi connectivity index (χ3v) is 8.45. The predicted octanol–water partition coefficient (Wildman–Crippen LogP) is 2.70. The molecule has 2 amide bonds. The Bertz CT molecular complexity index is 1540. The van der Waals surface area contributed by atoms with Crippen LogP contribution in [-0.4, -0.2) is 135 Å². The summed E-state index contributed by atoms with van der Waals surface area (Å²) in [6.45, 7) is 9.97. The maximum atomic E-state index is 12.8. The van der Waals surface area contributed by atoms with Crippen molar-refractivity contribution in [3.63, 3.8) is 0 Å². The van der Waals surface area contributed by atoms with E-state index in [4.69, 9.17) is 39.3 Å².